The average Bonchev–Trinajstić information content (AvgIpc) is 3.21. The molecule has 0 spiro atoms. The summed E-state index contributed by atoms with van der Waals surface area (Å²) < 4.78 is 1.96. The highest BCUT2D eigenvalue weighted by Crippen LogP contribution is 2.25. The van der Waals surface area contributed by atoms with E-state index < -0.39 is 0 Å². The number of rotatable bonds is 6. The fraction of sp³-hybridized carbons (Fsp3) is 0.389. The van der Waals surface area contributed by atoms with Gasteiger partial charge in [-0.25, -0.2) is 15.0 Å². The van der Waals surface area contributed by atoms with Crippen LogP contribution in [0.4, 0.5) is 5.82 Å². The summed E-state index contributed by atoms with van der Waals surface area (Å²) in [7, 11) is 0. The largest absolute Gasteiger partial charge is 0.391 e. The van der Waals surface area contributed by atoms with Crippen LogP contribution in [0.1, 0.15) is 5.56 Å². The number of nitrogens with two attached hydrogens (primary N) is 1. The molecule has 4 rings (SSSR count). The Hall–Kier alpha value is -2.16. The van der Waals surface area contributed by atoms with Gasteiger partial charge < -0.3 is 15.4 Å². The first-order valence-corrected chi connectivity index (χ1v) is 9.79. The predicted octanol–water partition coefficient (Wildman–Crippen LogP) is 1.59. The van der Waals surface area contributed by atoms with Crippen LogP contribution in [0.5, 0.6) is 0 Å². The van der Waals surface area contributed by atoms with Crippen LogP contribution in [-0.4, -0.2) is 54.5 Å². The van der Waals surface area contributed by atoms with Crippen molar-refractivity contribution in [2.24, 2.45) is 5.92 Å². The summed E-state index contributed by atoms with van der Waals surface area (Å²) in [5.74, 6) is 2.60. The Balaban J connectivity index is 1.34. The lowest BCUT2D eigenvalue weighted by Gasteiger charge is -2.16. The molecular formula is C18H22N6OS. The van der Waals surface area contributed by atoms with Crippen molar-refractivity contribution in [1.82, 2.24) is 24.4 Å². The fourth-order valence-electron chi connectivity index (χ4n) is 3.34. The minimum absolute atomic E-state index is 0.276. The van der Waals surface area contributed by atoms with Gasteiger partial charge in [-0.05, 0) is 5.56 Å². The van der Waals surface area contributed by atoms with E-state index in [0.29, 0.717) is 24.5 Å². The van der Waals surface area contributed by atoms with Crippen LogP contribution < -0.4 is 5.73 Å². The topological polar surface area (TPSA) is 93.1 Å². The number of anilines is 1. The zero-order valence-electron chi connectivity index (χ0n) is 14.4. The van der Waals surface area contributed by atoms with E-state index in [1.54, 1.807) is 6.33 Å². The first-order chi connectivity index (χ1) is 12.7. The third-order valence-corrected chi connectivity index (χ3v) is 5.91. The molecule has 0 amide bonds. The third-order valence-electron chi connectivity index (χ3n) is 4.71. The lowest BCUT2D eigenvalue weighted by Crippen LogP contribution is -2.24. The highest BCUT2D eigenvalue weighted by molar-refractivity contribution is 7.98. The van der Waals surface area contributed by atoms with Gasteiger partial charge in [0.05, 0.1) is 19.1 Å². The number of hydrogen-bond donors (Lipinski definition) is 2. The second-order valence-electron chi connectivity index (χ2n) is 6.65. The number of fused-ring (bicyclic) bond motifs is 1. The molecule has 0 aliphatic carbocycles. The van der Waals surface area contributed by atoms with Crippen LogP contribution in [0.25, 0.3) is 11.2 Å². The van der Waals surface area contributed by atoms with Crippen LogP contribution in [0.3, 0.4) is 0 Å². The Morgan fingerprint density at radius 3 is 2.85 bits per heavy atom. The van der Waals surface area contributed by atoms with Gasteiger partial charge in [0.15, 0.2) is 11.5 Å². The van der Waals surface area contributed by atoms with Crippen molar-refractivity contribution in [3.05, 3.63) is 48.5 Å². The Morgan fingerprint density at radius 2 is 2.00 bits per heavy atom. The molecule has 1 saturated heterocycles. The zero-order valence-corrected chi connectivity index (χ0v) is 15.2. The van der Waals surface area contributed by atoms with Crippen LogP contribution in [0, 0.1) is 5.92 Å². The smallest absolute Gasteiger partial charge is 0.166 e. The summed E-state index contributed by atoms with van der Waals surface area (Å²) in [4.78, 5) is 14.8. The first kappa shape index (κ1) is 17.3. The van der Waals surface area contributed by atoms with Crippen molar-refractivity contribution in [2.75, 3.05) is 24.6 Å². The molecule has 1 aliphatic heterocycles. The molecule has 2 atom stereocenters. The summed E-state index contributed by atoms with van der Waals surface area (Å²) in [6, 6.07) is 10.4. The summed E-state index contributed by atoms with van der Waals surface area (Å²) in [5, 5.41) is 10.4. The van der Waals surface area contributed by atoms with E-state index in [9.17, 15) is 5.11 Å². The van der Waals surface area contributed by atoms with Gasteiger partial charge in [-0.15, -0.1) is 0 Å². The third kappa shape index (κ3) is 3.67. The zero-order chi connectivity index (χ0) is 17.9. The van der Waals surface area contributed by atoms with Crippen LogP contribution >= 0.6 is 11.8 Å². The highest BCUT2D eigenvalue weighted by atomic mass is 32.2. The van der Waals surface area contributed by atoms with Gasteiger partial charge in [0.25, 0.3) is 0 Å². The number of imidazole rings is 1. The molecule has 8 heteroatoms. The molecule has 3 aromatic rings. The first-order valence-electron chi connectivity index (χ1n) is 8.64. The SMILES string of the molecule is Nc1ncnc2c1ncn2CN1C[C@H](CSCc2ccccc2)[C@@H](O)C1. The highest BCUT2D eigenvalue weighted by Gasteiger charge is 2.31. The van der Waals surface area contributed by atoms with E-state index in [0.717, 1.165) is 23.7 Å². The van der Waals surface area contributed by atoms with Crippen molar-refractivity contribution in [3.8, 4) is 0 Å². The maximum atomic E-state index is 10.4. The van der Waals surface area contributed by atoms with E-state index >= 15 is 0 Å². The van der Waals surface area contributed by atoms with Crippen molar-refractivity contribution in [2.45, 2.75) is 18.5 Å². The molecule has 0 saturated carbocycles. The predicted molar refractivity (Wildman–Crippen MR) is 103 cm³/mol. The maximum absolute atomic E-state index is 10.4. The van der Waals surface area contributed by atoms with Gasteiger partial charge in [0.1, 0.15) is 11.8 Å². The van der Waals surface area contributed by atoms with Gasteiger partial charge in [0.2, 0.25) is 0 Å². The molecule has 0 bridgehead atoms. The van der Waals surface area contributed by atoms with Gasteiger partial charge in [-0.2, -0.15) is 11.8 Å². The van der Waals surface area contributed by atoms with E-state index in [4.69, 9.17) is 5.73 Å². The summed E-state index contributed by atoms with van der Waals surface area (Å²) in [5.41, 5.74) is 8.52. The van der Waals surface area contributed by atoms with Crippen molar-refractivity contribution in [1.29, 1.82) is 0 Å². The number of benzene rings is 1. The number of likely N-dealkylation sites (tertiary alicyclic amines) is 1. The standard InChI is InChI=1S/C18H22N6OS/c19-17-16-18(21-10-20-17)24(11-22-16)12-23-6-14(15(25)7-23)9-26-8-13-4-2-1-3-5-13/h1-5,10-11,14-15,25H,6-9,12H2,(H2,19,20,21)/t14-,15+/m1/s1. The number of nitrogens with zero attached hydrogens (tertiary/aromatic N) is 5. The lowest BCUT2D eigenvalue weighted by molar-refractivity contribution is 0.145. The van der Waals surface area contributed by atoms with Crippen molar-refractivity contribution < 1.29 is 5.11 Å². The molecule has 26 heavy (non-hydrogen) atoms. The number of aliphatic hydroxyl groups is 1. The molecule has 1 aromatic carbocycles. The number of aromatic nitrogens is 4. The molecule has 0 unspecified atom stereocenters. The van der Waals surface area contributed by atoms with Crippen LogP contribution in [0.15, 0.2) is 43.0 Å². The second kappa shape index (κ2) is 7.61. The molecule has 1 aliphatic rings. The van der Waals surface area contributed by atoms with E-state index in [1.165, 1.54) is 11.9 Å². The van der Waals surface area contributed by atoms with E-state index in [1.807, 2.05) is 22.4 Å². The molecule has 0 radical (unpaired) electrons. The molecule has 1 fully saturated rings. The molecule has 3 heterocycles. The van der Waals surface area contributed by atoms with E-state index in [2.05, 4.69) is 44.1 Å². The summed E-state index contributed by atoms with van der Waals surface area (Å²) in [6.45, 7) is 2.17. The fourth-order valence-corrected chi connectivity index (χ4v) is 4.52. The quantitative estimate of drug-likeness (QED) is 0.680. The Kier molecular flexibility index (Phi) is 5.05. The summed E-state index contributed by atoms with van der Waals surface area (Å²) >= 11 is 1.88. The number of thioether (sulfide) groups is 1. The van der Waals surface area contributed by atoms with Crippen LogP contribution in [0.2, 0.25) is 0 Å². The lowest BCUT2D eigenvalue weighted by atomic mass is 10.1. The monoisotopic (exact) mass is 370 g/mol. The van der Waals surface area contributed by atoms with Gasteiger partial charge in [-0.1, -0.05) is 30.3 Å². The molecule has 3 N–H and O–H groups in total. The van der Waals surface area contributed by atoms with Crippen LogP contribution in [-0.2, 0) is 12.4 Å². The number of hydrogen-bond acceptors (Lipinski definition) is 7. The van der Waals surface area contributed by atoms with E-state index in [-0.39, 0.29) is 12.0 Å². The minimum atomic E-state index is -0.298. The minimum Gasteiger partial charge on any atom is -0.391 e. The number of nitrogen functional groups attached to an aromatic ring is 1. The second-order valence-corrected chi connectivity index (χ2v) is 7.68. The Bertz CT molecular complexity index is 871. The van der Waals surface area contributed by atoms with Crippen molar-refractivity contribution >= 4 is 28.7 Å². The molecule has 136 valence electrons. The van der Waals surface area contributed by atoms with Gasteiger partial charge in [0, 0.05) is 30.5 Å². The molecule has 2 aromatic heterocycles. The average molecular weight is 370 g/mol. The molecule has 7 nitrogen and oxygen atoms in total. The van der Waals surface area contributed by atoms with Gasteiger partial charge >= 0.3 is 0 Å². The number of aliphatic hydroxyl groups excluding tert-OH is 1. The van der Waals surface area contributed by atoms with Gasteiger partial charge in [-0.3, -0.25) is 4.90 Å². The molecular weight excluding hydrogens is 348 g/mol. The van der Waals surface area contributed by atoms with Crippen molar-refractivity contribution in [3.63, 3.8) is 0 Å². The maximum Gasteiger partial charge on any atom is 0.166 e. The number of β-amino-alcohol motifs (C(OH)–C–C–N with tert-alkyl or cyclic N) is 1. The normalized spacial score (nSPS) is 20.8. The Labute approximate surface area is 156 Å². The summed E-state index contributed by atoms with van der Waals surface area (Å²) in [6.07, 6.45) is 2.89. The Morgan fingerprint density at radius 1 is 1.15 bits per heavy atom.